The van der Waals surface area contributed by atoms with Gasteiger partial charge in [-0.1, -0.05) is 13.0 Å². The van der Waals surface area contributed by atoms with Gasteiger partial charge in [-0.3, -0.25) is 5.10 Å². The van der Waals surface area contributed by atoms with Crippen LogP contribution in [0.1, 0.15) is 49.2 Å². The van der Waals surface area contributed by atoms with E-state index >= 15 is 0 Å². The summed E-state index contributed by atoms with van der Waals surface area (Å²) in [5.74, 6) is 3.73. The first-order valence-electron chi connectivity index (χ1n) is 8.74. The number of nitrogens with one attached hydrogen (secondary N) is 1. The summed E-state index contributed by atoms with van der Waals surface area (Å²) < 4.78 is 1.86. The van der Waals surface area contributed by atoms with Gasteiger partial charge in [0.2, 0.25) is 0 Å². The van der Waals surface area contributed by atoms with Crippen molar-refractivity contribution in [3.05, 3.63) is 41.5 Å². The predicted molar refractivity (Wildman–Crippen MR) is 89.9 cm³/mol. The molecule has 2 aliphatic rings. The summed E-state index contributed by atoms with van der Waals surface area (Å²) in [6.45, 7) is 2.30. The van der Waals surface area contributed by atoms with Gasteiger partial charge in [0.05, 0.1) is 0 Å². The average molecular weight is 320 g/mol. The lowest BCUT2D eigenvalue weighted by Crippen LogP contribution is -2.11. The molecule has 0 amide bonds. The van der Waals surface area contributed by atoms with Crippen LogP contribution in [0.5, 0.6) is 0 Å². The van der Waals surface area contributed by atoms with E-state index in [9.17, 15) is 0 Å². The van der Waals surface area contributed by atoms with Crippen molar-refractivity contribution in [1.82, 2.24) is 29.9 Å². The molecule has 6 heteroatoms. The Kier molecular flexibility index (Phi) is 3.04. The molecular weight excluding hydrogens is 300 g/mol. The van der Waals surface area contributed by atoms with Crippen molar-refractivity contribution >= 4 is 0 Å². The number of aromatic amines is 1. The Labute approximate surface area is 140 Å². The molecule has 6 nitrogen and oxygen atoms in total. The molecular formula is C18H20N6. The topological polar surface area (TPSA) is 72.3 Å². The molecule has 1 atom stereocenters. The molecule has 1 N–H and O–H groups in total. The second-order valence-corrected chi connectivity index (χ2v) is 7.04. The van der Waals surface area contributed by atoms with Crippen molar-refractivity contribution in [3.8, 4) is 17.3 Å². The highest BCUT2D eigenvalue weighted by Gasteiger charge is 2.32. The first-order valence-corrected chi connectivity index (χ1v) is 8.74. The van der Waals surface area contributed by atoms with Crippen LogP contribution in [0.3, 0.4) is 0 Å². The van der Waals surface area contributed by atoms with Gasteiger partial charge in [0.15, 0.2) is 17.5 Å². The molecule has 122 valence electrons. The Balaban J connectivity index is 1.67. The van der Waals surface area contributed by atoms with Crippen LogP contribution in [0.4, 0.5) is 0 Å². The molecule has 24 heavy (non-hydrogen) atoms. The minimum atomic E-state index is 0.502. The van der Waals surface area contributed by atoms with Crippen molar-refractivity contribution in [2.45, 2.75) is 44.9 Å². The number of pyridine rings is 1. The lowest BCUT2D eigenvalue weighted by molar-refractivity contribution is 0.498. The number of aryl methyl sites for hydroxylation is 1. The molecule has 3 heterocycles. The van der Waals surface area contributed by atoms with Gasteiger partial charge in [0, 0.05) is 23.4 Å². The van der Waals surface area contributed by atoms with Gasteiger partial charge in [-0.2, -0.15) is 9.78 Å². The van der Waals surface area contributed by atoms with Crippen LogP contribution in [0.2, 0.25) is 0 Å². The van der Waals surface area contributed by atoms with E-state index in [1.165, 1.54) is 30.5 Å². The van der Waals surface area contributed by atoms with Crippen LogP contribution in [0.15, 0.2) is 24.4 Å². The van der Waals surface area contributed by atoms with Gasteiger partial charge < -0.3 is 0 Å². The Morgan fingerprint density at radius 2 is 2.12 bits per heavy atom. The first kappa shape index (κ1) is 13.9. The van der Waals surface area contributed by atoms with Crippen molar-refractivity contribution in [2.75, 3.05) is 0 Å². The lowest BCUT2D eigenvalue weighted by Gasteiger charge is -2.18. The third-order valence-corrected chi connectivity index (χ3v) is 5.04. The largest absolute Gasteiger partial charge is 0.282 e. The number of rotatable bonds is 3. The summed E-state index contributed by atoms with van der Waals surface area (Å²) in [5, 5.41) is 12.6. The fourth-order valence-electron chi connectivity index (χ4n) is 3.49. The molecule has 0 unspecified atom stereocenters. The molecule has 1 fully saturated rings. The van der Waals surface area contributed by atoms with Gasteiger partial charge >= 0.3 is 0 Å². The maximum Gasteiger partial charge on any atom is 0.185 e. The maximum absolute atomic E-state index is 4.85. The van der Waals surface area contributed by atoms with Crippen molar-refractivity contribution in [1.29, 1.82) is 0 Å². The molecule has 5 rings (SSSR count). The van der Waals surface area contributed by atoms with E-state index in [1.807, 2.05) is 22.9 Å². The van der Waals surface area contributed by atoms with Crippen LogP contribution in [0.25, 0.3) is 17.3 Å². The second kappa shape index (κ2) is 5.26. The predicted octanol–water partition coefficient (Wildman–Crippen LogP) is 3.05. The highest BCUT2D eigenvalue weighted by molar-refractivity contribution is 5.59. The standard InChI is InChI=1S/C18H20N6/c1-11-5-8-14-13(10-11)16(22-21-14)18-20-17(12-6-7-12)23-24(18)15-4-2-3-9-19-15/h2-4,9,11-12H,5-8,10H2,1H3,(H,21,22)/t11-/m0/s1. The number of hydrogen-bond donors (Lipinski definition) is 1. The second-order valence-electron chi connectivity index (χ2n) is 7.04. The molecule has 0 bridgehead atoms. The van der Waals surface area contributed by atoms with E-state index in [2.05, 4.69) is 22.1 Å². The zero-order valence-corrected chi connectivity index (χ0v) is 13.7. The van der Waals surface area contributed by atoms with Gasteiger partial charge in [-0.25, -0.2) is 9.97 Å². The minimum absolute atomic E-state index is 0.502. The average Bonchev–Trinajstić information content (AvgIpc) is 3.24. The molecule has 3 aromatic rings. The number of fused-ring (bicyclic) bond motifs is 1. The smallest absolute Gasteiger partial charge is 0.185 e. The third-order valence-electron chi connectivity index (χ3n) is 5.04. The van der Waals surface area contributed by atoms with Gasteiger partial charge in [-0.15, -0.1) is 5.10 Å². The van der Waals surface area contributed by atoms with Gasteiger partial charge in [-0.05, 0) is 50.2 Å². The monoisotopic (exact) mass is 320 g/mol. The molecule has 0 saturated heterocycles. The first-order chi connectivity index (χ1) is 11.8. The fraction of sp³-hybridized carbons (Fsp3) is 0.444. The van der Waals surface area contributed by atoms with Crippen molar-refractivity contribution in [2.24, 2.45) is 5.92 Å². The molecule has 2 aliphatic carbocycles. The summed E-state index contributed by atoms with van der Waals surface area (Å²) in [6, 6.07) is 5.86. The third kappa shape index (κ3) is 2.25. The summed E-state index contributed by atoms with van der Waals surface area (Å²) in [4.78, 5) is 9.32. The van der Waals surface area contributed by atoms with E-state index in [4.69, 9.17) is 10.1 Å². The van der Waals surface area contributed by atoms with Gasteiger partial charge in [0.1, 0.15) is 5.69 Å². The zero-order chi connectivity index (χ0) is 16.1. The molecule has 0 aromatic carbocycles. The normalized spacial score (nSPS) is 20.1. The number of aromatic nitrogens is 6. The van der Waals surface area contributed by atoms with Crippen LogP contribution >= 0.6 is 0 Å². The molecule has 3 aromatic heterocycles. The number of nitrogens with zero attached hydrogens (tertiary/aromatic N) is 5. The fourth-order valence-corrected chi connectivity index (χ4v) is 3.49. The van der Waals surface area contributed by atoms with Crippen LogP contribution < -0.4 is 0 Å². The van der Waals surface area contributed by atoms with E-state index in [1.54, 1.807) is 6.20 Å². The van der Waals surface area contributed by atoms with Crippen LogP contribution in [-0.4, -0.2) is 29.9 Å². The highest BCUT2D eigenvalue weighted by Crippen LogP contribution is 2.40. The Bertz CT molecular complexity index is 874. The van der Waals surface area contributed by atoms with Crippen LogP contribution in [0, 0.1) is 5.92 Å². The quantitative estimate of drug-likeness (QED) is 0.805. The molecule has 0 aliphatic heterocycles. The van der Waals surface area contributed by atoms with E-state index in [0.717, 1.165) is 36.0 Å². The summed E-state index contributed by atoms with van der Waals surface area (Å²) >= 11 is 0. The van der Waals surface area contributed by atoms with Crippen molar-refractivity contribution in [3.63, 3.8) is 0 Å². The summed E-state index contributed by atoms with van der Waals surface area (Å²) in [6.07, 6.45) is 7.49. The Morgan fingerprint density at radius 3 is 2.92 bits per heavy atom. The summed E-state index contributed by atoms with van der Waals surface area (Å²) in [7, 11) is 0. The Morgan fingerprint density at radius 1 is 1.21 bits per heavy atom. The number of H-pyrrole nitrogens is 1. The minimum Gasteiger partial charge on any atom is -0.282 e. The molecule has 0 radical (unpaired) electrons. The molecule has 0 spiro atoms. The zero-order valence-electron chi connectivity index (χ0n) is 13.7. The number of hydrogen-bond acceptors (Lipinski definition) is 4. The van der Waals surface area contributed by atoms with Crippen molar-refractivity contribution < 1.29 is 0 Å². The highest BCUT2D eigenvalue weighted by atomic mass is 15.4. The van der Waals surface area contributed by atoms with E-state index < -0.39 is 0 Å². The SMILES string of the molecule is C[C@H]1CCc2[nH]nc(-c3nc(C4CC4)nn3-c3ccccn3)c2C1. The van der Waals surface area contributed by atoms with E-state index in [0.29, 0.717) is 11.8 Å². The van der Waals surface area contributed by atoms with Crippen LogP contribution in [-0.2, 0) is 12.8 Å². The molecule has 1 saturated carbocycles. The summed E-state index contributed by atoms with van der Waals surface area (Å²) in [5.41, 5.74) is 3.51. The maximum atomic E-state index is 4.85. The lowest BCUT2D eigenvalue weighted by atomic mass is 9.87. The Hall–Kier alpha value is -2.50. The van der Waals surface area contributed by atoms with Gasteiger partial charge in [0.25, 0.3) is 0 Å². The van der Waals surface area contributed by atoms with E-state index in [-0.39, 0.29) is 0 Å².